The van der Waals surface area contributed by atoms with Gasteiger partial charge in [-0.2, -0.15) is 0 Å². The van der Waals surface area contributed by atoms with Gasteiger partial charge in [0.05, 0.1) is 39.6 Å². The zero-order chi connectivity index (χ0) is 12.4. The number of aliphatic hydroxyl groups is 5. The molecule has 1 atom stereocenters. The molecule has 0 aliphatic carbocycles. The maximum atomic E-state index is 8.93. The number of rotatable bonds is 10. The Hall–Kier alpha value is -0.280. The normalized spacial score (nSPS) is 13.7. The molecule has 0 amide bonds. The molecule has 0 spiro atoms. The maximum Gasteiger partial charge on any atom is 0.104 e. The van der Waals surface area contributed by atoms with E-state index < -0.39 is 18.3 Å². The molecule has 0 bridgehead atoms. The molecule has 0 saturated carbocycles. The van der Waals surface area contributed by atoms with Crippen molar-refractivity contribution in [1.29, 1.82) is 0 Å². The summed E-state index contributed by atoms with van der Waals surface area (Å²) in [6.07, 6.45) is -2.22. The lowest BCUT2D eigenvalue weighted by atomic mass is 10.3. The zero-order valence-electron chi connectivity index (χ0n) is 9.03. The van der Waals surface area contributed by atoms with Crippen LogP contribution in [0.25, 0.3) is 0 Å². The van der Waals surface area contributed by atoms with Crippen LogP contribution in [0.15, 0.2) is 0 Å². The molecule has 0 fully saturated rings. The van der Waals surface area contributed by atoms with Gasteiger partial charge in [-0.1, -0.05) is 0 Å². The van der Waals surface area contributed by atoms with Crippen molar-refractivity contribution < 1.29 is 35.0 Å². The largest absolute Gasteiger partial charge is 0.394 e. The van der Waals surface area contributed by atoms with Gasteiger partial charge < -0.3 is 35.0 Å². The summed E-state index contributed by atoms with van der Waals surface area (Å²) >= 11 is 0. The molecule has 0 heterocycles. The van der Waals surface area contributed by atoms with E-state index in [-0.39, 0.29) is 39.6 Å². The third kappa shape index (κ3) is 6.33. The molecular formula is C9H20O7. The van der Waals surface area contributed by atoms with Crippen molar-refractivity contribution in [3.05, 3.63) is 0 Å². The highest BCUT2D eigenvalue weighted by Crippen LogP contribution is 2.01. The van der Waals surface area contributed by atoms with Gasteiger partial charge in [0.2, 0.25) is 0 Å². The average molecular weight is 240 g/mol. The van der Waals surface area contributed by atoms with Crippen molar-refractivity contribution in [2.75, 3.05) is 39.6 Å². The molecule has 0 saturated heterocycles. The van der Waals surface area contributed by atoms with Crippen LogP contribution in [0.1, 0.15) is 0 Å². The zero-order valence-corrected chi connectivity index (χ0v) is 9.03. The molecule has 1 unspecified atom stereocenters. The standard InChI is InChI=1S/C9H20O7/c10-1-7(2-11)15-6-9(5-14)16-8(3-12)4-13/h7-14H,1-6H2. The SMILES string of the molecule is OCC(CO)OCC(CO)OC(CO)CO. The number of aliphatic hydroxyl groups excluding tert-OH is 5. The summed E-state index contributed by atoms with van der Waals surface area (Å²) in [7, 11) is 0. The predicted octanol–water partition coefficient (Wildman–Crippen LogP) is -2.91. The minimum atomic E-state index is -0.776. The lowest BCUT2D eigenvalue weighted by molar-refractivity contribution is -0.125. The van der Waals surface area contributed by atoms with Gasteiger partial charge in [0, 0.05) is 0 Å². The van der Waals surface area contributed by atoms with Gasteiger partial charge >= 0.3 is 0 Å². The first kappa shape index (κ1) is 15.7. The summed E-state index contributed by atoms with van der Waals surface area (Å²) in [6, 6.07) is 0. The van der Waals surface area contributed by atoms with Crippen LogP contribution in [0.2, 0.25) is 0 Å². The fraction of sp³-hybridized carbons (Fsp3) is 1.00. The number of hydrogen-bond acceptors (Lipinski definition) is 7. The topological polar surface area (TPSA) is 120 Å². The Morgan fingerprint density at radius 1 is 0.625 bits per heavy atom. The molecule has 0 aromatic rings. The average Bonchev–Trinajstić information content (AvgIpc) is 2.34. The number of ether oxygens (including phenoxy) is 2. The Kier molecular flexibility index (Phi) is 9.74. The van der Waals surface area contributed by atoms with Crippen molar-refractivity contribution in [2.45, 2.75) is 18.3 Å². The lowest BCUT2D eigenvalue weighted by Gasteiger charge is -2.22. The highest BCUT2D eigenvalue weighted by atomic mass is 16.6. The van der Waals surface area contributed by atoms with Crippen LogP contribution in [0, 0.1) is 0 Å². The molecular weight excluding hydrogens is 220 g/mol. The molecule has 0 rings (SSSR count). The van der Waals surface area contributed by atoms with E-state index in [0.717, 1.165) is 0 Å². The van der Waals surface area contributed by atoms with Gasteiger partial charge in [-0.25, -0.2) is 0 Å². The van der Waals surface area contributed by atoms with Crippen LogP contribution in [0.4, 0.5) is 0 Å². The van der Waals surface area contributed by atoms with Crippen LogP contribution in [-0.2, 0) is 9.47 Å². The Balaban J connectivity index is 3.90. The van der Waals surface area contributed by atoms with Crippen molar-refractivity contribution >= 4 is 0 Å². The quantitative estimate of drug-likeness (QED) is 0.277. The summed E-state index contributed by atoms with van der Waals surface area (Å²) in [6.45, 7) is -1.79. The summed E-state index contributed by atoms with van der Waals surface area (Å²) in [5.41, 5.74) is 0. The van der Waals surface area contributed by atoms with E-state index in [9.17, 15) is 0 Å². The van der Waals surface area contributed by atoms with E-state index in [4.69, 9.17) is 35.0 Å². The van der Waals surface area contributed by atoms with Gasteiger partial charge in [0.25, 0.3) is 0 Å². The second-order valence-electron chi connectivity index (χ2n) is 3.25. The molecule has 7 heteroatoms. The Bertz CT molecular complexity index is 147. The van der Waals surface area contributed by atoms with Crippen LogP contribution >= 0.6 is 0 Å². The first-order valence-corrected chi connectivity index (χ1v) is 5.03. The highest BCUT2D eigenvalue weighted by Gasteiger charge is 2.17. The van der Waals surface area contributed by atoms with Gasteiger partial charge in [-0.15, -0.1) is 0 Å². The van der Waals surface area contributed by atoms with Crippen molar-refractivity contribution in [2.24, 2.45) is 0 Å². The molecule has 0 aliphatic rings. The van der Waals surface area contributed by atoms with E-state index >= 15 is 0 Å². The first-order chi connectivity index (χ1) is 7.71. The molecule has 0 radical (unpaired) electrons. The summed E-state index contributed by atoms with van der Waals surface area (Å²) < 4.78 is 10.1. The van der Waals surface area contributed by atoms with Crippen molar-refractivity contribution in [3.63, 3.8) is 0 Å². The highest BCUT2D eigenvalue weighted by molar-refractivity contribution is 4.62. The second kappa shape index (κ2) is 9.91. The van der Waals surface area contributed by atoms with Crippen LogP contribution in [0.3, 0.4) is 0 Å². The summed E-state index contributed by atoms with van der Waals surface area (Å²) in [5.74, 6) is 0. The molecule has 7 nitrogen and oxygen atoms in total. The van der Waals surface area contributed by atoms with Crippen LogP contribution in [-0.4, -0.2) is 83.5 Å². The minimum absolute atomic E-state index is 0.0429. The third-order valence-corrected chi connectivity index (χ3v) is 1.92. The van der Waals surface area contributed by atoms with E-state index in [1.54, 1.807) is 0 Å². The molecule has 16 heavy (non-hydrogen) atoms. The fourth-order valence-corrected chi connectivity index (χ4v) is 0.958. The number of hydrogen-bond donors (Lipinski definition) is 5. The smallest absolute Gasteiger partial charge is 0.104 e. The lowest BCUT2D eigenvalue weighted by Crippen LogP contribution is -2.35. The van der Waals surface area contributed by atoms with E-state index in [1.807, 2.05) is 0 Å². The van der Waals surface area contributed by atoms with Crippen molar-refractivity contribution in [3.8, 4) is 0 Å². The van der Waals surface area contributed by atoms with Crippen LogP contribution in [0.5, 0.6) is 0 Å². The summed E-state index contributed by atoms with van der Waals surface area (Å²) in [5, 5.41) is 43.9. The Morgan fingerprint density at radius 2 is 1.06 bits per heavy atom. The Labute approximate surface area is 93.9 Å². The Morgan fingerprint density at radius 3 is 1.44 bits per heavy atom. The monoisotopic (exact) mass is 240 g/mol. The summed E-state index contributed by atoms with van der Waals surface area (Å²) in [4.78, 5) is 0. The van der Waals surface area contributed by atoms with Gasteiger partial charge in [0.1, 0.15) is 18.3 Å². The van der Waals surface area contributed by atoms with E-state index in [2.05, 4.69) is 0 Å². The minimum Gasteiger partial charge on any atom is -0.394 e. The second-order valence-corrected chi connectivity index (χ2v) is 3.25. The first-order valence-electron chi connectivity index (χ1n) is 5.03. The molecule has 5 N–H and O–H groups in total. The van der Waals surface area contributed by atoms with Gasteiger partial charge in [0.15, 0.2) is 0 Å². The van der Waals surface area contributed by atoms with Gasteiger partial charge in [-0.05, 0) is 0 Å². The third-order valence-electron chi connectivity index (χ3n) is 1.92. The van der Waals surface area contributed by atoms with Crippen molar-refractivity contribution in [1.82, 2.24) is 0 Å². The molecule has 0 aromatic carbocycles. The fourth-order valence-electron chi connectivity index (χ4n) is 0.958. The van der Waals surface area contributed by atoms with Gasteiger partial charge in [-0.3, -0.25) is 0 Å². The molecule has 0 aromatic heterocycles. The predicted molar refractivity (Wildman–Crippen MR) is 53.8 cm³/mol. The molecule has 0 aliphatic heterocycles. The molecule has 98 valence electrons. The van der Waals surface area contributed by atoms with Crippen LogP contribution < -0.4 is 0 Å². The van der Waals surface area contributed by atoms with E-state index in [1.165, 1.54) is 0 Å². The maximum absolute atomic E-state index is 8.93. The van der Waals surface area contributed by atoms with E-state index in [0.29, 0.717) is 0 Å².